The summed E-state index contributed by atoms with van der Waals surface area (Å²) in [7, 11) is 0. The highest BCUT2D eigenvalue weighted by molar-refractivity contribution is 6.42. The Morgan fingerprint density at radius 3 is 2.78 bits per heavy atom. The highest BCUT2D eigenvalue weighted by Gasteiger charge is 2.17. The van der Waals surface area contributed by atoms with Gasteiger partial charge in [-0.3, -0.25) is 0 Å². The summed E-state index contributed by atoms with van der Waals surface area (Å²) in [6.07, 6.45) is 1.77. The van der Waals surface area contributed by atoms with Crippen molar-refractivity contribution >= 4 is 17.5 Å². The maximum absolute atomic E-state index is 13.7. The monoisotopic (exact) mass is 389 g/mol. The predicted octanol–water partition coefficient (Wildman–Crippen LogP) is 4.04. The van der Waals surface area contributed by atoms with Crippen molar-refractivity contribution in [2.24, 2.45) is 4.99 Å². The van der Waals surface area contributed by atoms with Gasteiger partial charge < -0.3 is 15.0 Å². The number of nitrogens with zero attached hydrogens (tertiary/aromatic N) is 2. The number of ether oxygens (including phenoxy) is 1. The Labute approximate surface area is 161 Å². The van der Waals surface area contributed by atoms with E-state index in [-0.39, 0.29) is 18.1 Å². The molecule has 0 unspecified atom stereocenters. The van der Waals surface area contributed by atoms with Crippen molar-refractivity contribution in [1.29, 1.82) is 0 Å². The van der Waals surface area contributed by atoms with Gasteiger partial charge in [0.25, 0.3) is 0 Å². The molecule has 0 saturated carbocycles. The van der Waals surface area contributed by atoms with Gasteiger partial charge in [-0.2, -0.15) is 0 Å². The first-order chi connectivity index (χ1) is 13.1. The van der Waals surface area contributed by atoms with Crippen LogP contribution in [-0.2, 0) is 31.0 Å². The second-order valence-electron chi connectivity index (χ2n) is 6.56. The maximum atomic E-state index is 13.7. The highest BCUT2D eigenvalue weighted by Crippen LogP contribution is 2.21. The molecule has 0 amide bonds. The minimum atomic E-state index is -0.653. The van der Waals surface area contributed by atoms with Crippen molar-refractivity contribution in [3.05, 3.63) is 81.5 Å². The quantitative estimate of drug-likeness (QED) is 0.857. The van der Waals surface area contributed by atoms with E-state index in [0.29, 0.717) is 18.2 Å². The third kappa shape index (κ3) is 4.12. The van der Waals surface area contributed by atoms with Crippen LogP contribution in [0.4, 0.5) is 8.78 Å². The third-order valence-corrected chi connectivity index (χ3v) is 4.82. The maximum Gasteiger partial charge on any atom is 0.231 e. The molecule has 2 aliphatic rings. The van der Waals surface area contributed by atoms with E-state index in [1.165, 1.54) is 28.8 Å². The fourth-order valence-corrected chi connectivity index (χ4v) is 3.42. The van der Waals surface area contributed by atoms with Crippen LogP contribution in [0.3, 0.4) is 0 Å². The second-order valence-corrected chi connectivity index (χ2v) is 6.97. The van der Waals surface area contributed by atoms with Gasteiger partial charge in [0.05, 0.1) is 0 Å². The molecule has 0 aliphatic carbocycles. The molecule has 0 fully saturated rings. The Kier molecular flexibility index (Phi) is 5.09. The molecule has 2 aromatic rings. The van der Waals surface area contributed by atoms with Gasteiger partial charge in [-0.05, 0) is 28.8 Å². The summed E-state index contributed by atoms with van der Waals surface area (Å²) >= 11 is 6.27. The van der Waals surface area contributed by atoms with Crippen LogP contribution in [-0.4, -0.2) is 17.5 Å². The largest absolute Gasteiger partial charge is 0.472 e. The SMILES string of the molecule is Fc1ccc(COC2=NCN(Cc3ccc4c(c3)CNC4)C=C2Cl)c(F)c1. The lowest BCUT2D eigenvalue weighted by molar-refractivity contribution is 0.275. The number of hydrogen-bond acceptors (Lipinski definition) is 4. The van der Waals surface area contributed by atoms with Crippen molar-refractivity contribution in [3.8, 4) is 0 Å². The average Bonchev–Trinajstić information content (AvgIpc) is 3.10. The van der Waals surface area contributed by atoms with Crippen molar-refractivity contribution in [1.82, 2.24) is 10.2 Å². The first-order valence-corrected chi connectivity index (χ1v) is 9.00. The van der Waals surface area contributed by atoms with Crippen molar-refractivity contribution in [2.45, 2.75) is 26.2 Å². The molecule has 2 heterocycles. The molecule has 0 saturated heterocycles. The standard InChI is InChI=1S/C20H18ClF2N3O/c21-18-10-26(9-13-1-2-14-7-24-8-16(14)5-13)12-25-20(18)27-11-15-3-4-17(22)6-19(15)23/h1-6,10,24H,7-9,11-12H2. The fourth-order valence-electron chi connectivity index (χ4n) is 3.16. The van der Waals surface area contributed by atoms with Gasteiger partial charge in [0.15, 0.2) is 0 Å². The summed E-state index contributed by atoms with van der Waals surface area (Å²) in [4.78, 5) is 6.32. The molecule has 7 heteroatoms. The molecule has 0 spiro atoms. The first-order valence-electron chi connectivity index (χ1n) is 8.63. The molecule has 1 N–H and O–H groups in total. The Morgan fingerprint density at radius 1 is 1.11 bits per heavy atom. The summed E-state index contributed by atoms with van der Waals surface area (Å²) in [6.45, 7) is 2.84. The van der Waals surface area contributed by atoms with E-state index < -0.39 is 11.6 Å². The second kappa shape index (κ2) is 7.66. The van der Waals surface area contributed by atoms with Crippen LogP contribution in [0.25, 0.3) is 0 Å². The Hall–Kier alpha value is -2.44. The van der Waals surface area contributed by atoms with Gasteiger partial charge in [-0.1, -0.05) is 29.8 Å². The van der Waals surface area contributed by atoms with Crippen molar-refractivity contribution < 1.29 is 13.5 Å². The van der Waals surface area contributed by atoms with Crippen LogP contribution in [0.1, 0.15) is 22.3 Å². The minimum absolute atomic E-state index is 0.0627. The van der Waals surface area contributed by atoms with Crippen LogP contribution in [0.2, 0.25) is 0 Å². The fraction of sp³-hybridized carbons (Fsp3) is 0.250. The van der Waals surface area contributed by atoms with Gasteiger partial charge in [0.2, 0.25) is 5.90 Å². The average molecular weight is 390 g/mol. The zero-order valence-corrected chi connectivity index (χ0v) is 15.3. The van der Waals surface area contributed by atoms with Crippen LogP contribution in [0, 0.1) is 11.6 Å². The third-order valence-electron chi connectivity index (χ3n) is 4.56. The Morgan fingerprint density at radius 2 is 1.96 bits per heavy atom. The zero-order chi connectivity index (χ0) is 18.8. The van der Waals surface area contributed by atoms with Crippen molar-refractivity contribution in [2.75, 3.05) is 6.67 Å². The highest BCUT2D eigenvalue weighted by atomic mass is 35.5. The van der Waals surface area contributed by atoms with Crippen LogP contribution >= 0.6 is 11.6 Å². The molecule has 0 atom stereocenters. The van der Waals surface area contributed by atoms with Crippen LogP contribution < -0.4 is 5.32 Å². The summed E-state index contributed by atoms with van der Waals surface area (Å²) in [5, 5.41) is 3.69. The van der Waals surface area contributed by atoms with Gasteiger partial charge >= 0.3 is 0 Å². The lowest BCUT2D eigenvalue weighted by atomic mass is 10.1. The van der Waals surface area contributed by atoms with Crippen LogP contribution in [0.15, 0.2) is 52.6 Å². The molecule has 4 nitrogen and oxygen atoms in total. The lowest BCUT2D eigenvalue weighted by Crippen LogP contribution is -2.24. The lowest BCUT2D eigenvalue weighted by Gasteiger charge is -2.24. The molecule has 4 rings (SSSR count). The van der Waals surface area contributed by atoms with E-state index in [1.807, 2.05) is 4.90 Å². The summed E-state index contributed by atoms with van der Waals surface area (Å²) < 4.78 is 32.1. The van der Waals surface area contributed by atoms with Gasteiger partial charge in [0, 0.05) is 37.5 Å². The number of halogens is 3. The van der Waals surface area contributed by atoms with E-state index in [4.69, 9.17) is 16.3 Å². The zero-order valence-electron chi connectivity index (χ0n) is 14.5. The topological polar surface area (TPSA) is 36.9 Å². The van der Waals surface area contributed by atoms with E-state index in [0.717, 1.165) is 19.2 Å². The van der Waals surface area contributed by atoms with E-state index in [9.17, 15) is 8.78 Å². The minimum Gasteiger partial charge on any atom is -0.472 e. The summed E-state index contributed by atoms with van der Waals surface area (Å²) in [5.74, 6) is -1.02. The summed E-state index contributed by atoms with van der Waals surface area (Å²) in [6, 6.07) is 9.82. The predicted molar refractivity (Wildman–Crippen MR) is 99.9 cm³/mol. The molecular formula is C20H18ClF2N3O. The molecule has 0 radical (unpaired) electrons. The van der Waals surface area contributed by atoms with E-state index in [1.54, 1.807) is 6.20 Å². The van der Waals surface area contributed by atoms with Crippen molar-refractivity contribution in [3.63, 3.8) is 0 Å². The molecule has 140 valence electrons. The first kappa shape index (κ1) is 17.9. The number of nitrogens with one attached hydrogen (secondary N) is 1. The number of fused-ring (bicyclic) bond motifs is 1. The van der Waals surface area contributed by atoms with Gasteiger partial charge in [-0.25, -0.2) is 13.8 Å². The number of rotatable bonds is 4. The molecule has 27 heavy (non-hydrogen) atoms. The molecule has 0 aromatic heterocycles. The van der Waals surface area contributed by atoms with Gasteiger partial charge in [0.1, 0.15) is 29.9 Å². The Balaban J connectivity index is 1.37. The molecule has 0 bridgehead atoms. The normalized spacial score (nSPS) is 16.0. The molecule has 2 aliphatic heterocycles. The number of benzene rings is 2. The molecular weight excluding hydrogens is 372 g/mol. The Bertz CT molecular complexity index is 929. The molecule has 2 aromatic carbocycles. The summed E-state index contributed by atoms with van der Waals surface area (Å²) in [5.41, 5.74) is 4.10. The van der Waals surface area contributed by atoms with E-state index >= 15 is 0 Å². The number of hydrogen-bond donors (Lipinski definition) is 1. The van der Waals surface area contributed by atoms with Crippen LogP contribution in [0.5, 0.6) is 0 Å². The number of aliphatic imine (C=N–C) groups is 1. The smallest absolute Gasteiger partial charge is 0.231 e. The van der Waals surface area contributed by atoms with Gasteiger partial charge in [-0.15, -0.1) is 0 Å². The van der Waals surface area contributed by atoms with E-state index in [2.05, 4.69) is 28.5 Å².